The summed E-state index contributed by atoms with van der Waals surface area (Å²) in [4.78, 5) is 7.23. The first kappa shape index (κ1) is 12.6. The number of fused-ring (bicyclic) bond motifs is 1. The Morgan fingerprint density at radius 2 is 1.89 bits per heavy atom. The molecule has 1 aromatic carbocycles. The Morgan fingerprint density at radius 3 is 2.47 bits per heavy atom. The van der Waals surface area contributed by atoms with Crippen LogP contribution >= 0.6 is 36.2 Å². The highest BCUT2D eigenvalue weighted by atomic mass is 32.1. The third kappa shape index (κ3) is 1.87. The molecule has 1 aromatic heterocycles. The largest absolute Gasteiger partial charge is 0.332 e. The number of aromatic nitrogens is 1. The number of aromatic amines is 1. The minimum absolute atomic E-state index is 0.00875. The maximum Gasteiger partial charge on any atom is 0.159 e. The van der Waals surface area contributed by atoms with Crippen molar-refractivity contribution >= 4 is 47.7 Å². The van der Waals surface area contributed by atoms with Crippen molar-refractivity contribution in [1.82, 2.24) is 4.98 Å². The number of thiol groups is 1. The van der Waals surface area contributed by atoms with Crippen molar-refractivity contribution in [3.05, 3.63) is 43.7 Å². The van der Waals surface area contributed by atoms with Crippen molar-refractivity contribution < 1.29 is 8.78 Å². The van der Waals surface area contributed by atoms with Crippen molar-refractivity contribution in [3.63, 3.8) is 0 Å². The van der Waals surface area contributed by atoms with E-state index in [0.717, 1.165) is 23.5 Å². The van der Waals surface area contributed by atoms with Crippen molar-refractivity contribution in [3.8, 4) is 0 Å². The topological polar surface area (TPSA) is 52.0 Å². The summed E-state index contributed by atoms with van der Waals surface area (Å²) in [5.74, 6) is -1.58. The second kappa shape index (κ2) is 4.32. The lowest BCUT2D eigenvalue weighted by Gasteiger charge is -2.04. The SMILES string of the molecule is N=C1N=C(c2sc(=S)[nH]c2S)c2c(F)ccc(F)c21. The summed E-state index contributed by atoms with van der Waals surface area (Å²) in [6.45, 7) is 0. The first-order valence-corrected chi connectivity index (χ1v) is 6.74. The molecule has 19 heavy (non-hydrogen) atoms. The molecule has 0 radical (unpaired) electrons. The van der Waals surface area contributed by atoms with Gasteiger partial charge in [0.1, 0.15) is 11.6 Å². The number of rotatable bonds is 1. The summed E-state index contributed by atoms with van der Waals surface area (Å²) in [5.41, 5.74) is 0.0620. The smallest absolute Gasteiger partial charge is 0.159 e. The maximum absolute atomic E-state index is 13.9. The molecule has 0 aliphatic carbocycles. The molecule has 0 spiro atoms. The quantitative estimate of drug-likeness (QED) is 0.547. The second-order valence-corrected chi connectivity index (χ2v) is 5.91. The molecule has 3 rings (SSSR count). The van der Waals surface area contributed by atoms with Gasteiger partial charge in [-0.3, -0.25) is 5.41 Å². The highest BCUT2D eigenvalue weighted by molar-refractivity contribution is 7.80. The fourth-order valence-electron chi connectivity index (χ4n) is 1.88. The third-order valence-electron chi connectivity index (χ3n) is 2.65. The molecule has 2 heterocycles. The number of nitrogens with zero attached hydrogens (tertiary/aromatic N) is 1. The summed E-state index contributed by atoms with van der Waals surface area (Å²) in [7, 11) is 0. The van der Waals surface area contributed by atoms with Crippen LogP contribution in [0.4, 0.5) is 8.78 Å². The van der Waals surface area contributed by atoms with Crippen LogP contribution < -0.4 is 0 Å². The minimum Gasteiger partial charge on any atom is -0.332 e. The Hall–Kier alpha value is -1.38. The molecule has 96 valence electrons. The fraction of sp³-hybridized carbons (Fsp3) is 0. The van der Waals surface area contributed by atoms with E-state index in [-0.39, 0.29) is 22.7 Å². The lowest BCUT2D eigenvalue weighted by atomic mass is 10.0. The average molecular weight is 313 g/mol. The second-order valence-electron chi connectivity index (χ2n) is 3.78. The van der Waals surface area contributed by atoms with Gasteiger partial charge in [-0.25, -0.2) is 13.8 Å². The minimum atomic E-state index is -0.667. The van der Waals surface area contributed by atoms with Gasteiger partial charge in [0.25, 0.3) is 0 Å². The number of nitrogens with one attached hydrogen (secondary N) is 2. The number of benzene rings is 1. The van der Waals surface area contributed by atoms with Crippen LogP contribution in [-0.2, 0) is 0 Å². The third-order valence-corrected chi connectivity index (χ3v) is 4.37. The molecular formula is C11H5F2N3S3. The molecule has 0 amide bonds. The number of hydrogen-bond acceptors (Lipinski definition) is 4. The molecule has 0 atom stereocenters. The molecule has 1 aliphatic rings. The van der Waals surface area contributed by atoms with Gasteiger partial charge in [0.2, 0.25) is 0 Å². The van der Waals surface area contributed by atoms with Crippen LogP contribution in [0.2, 0.25) is 0 Å². The Bertz CT molecular complexity index is 804. The maximum atomic E-state index is 13.9. The van der Waals surface area contributed by atoms with E-state index in [4.69, 9.17) is 17.6 Å². The number of halogens is 2. The Balaban J connectivity index is 2.32. The molecule has 3 nitrogen and oxygen atoms in total. The number of aliphatic imine (C=N–C) groups is 1. The number of thiazole rings is 1. The van der Waals surface area contributed by atoms with Gasteiger partial charge in [0.05, 0.1) is 26.7 Å². The lowest BCUT2D eigenvalue weighted by molar-refractivity contribution is 0.597. The van der Waals surface area contributed by atoms with Crippen molar-refractivity contribution in [2.45, 2.75) is 5.03 Å². The number of hydrogen-bond donors (Lipinski definition) is 3. The summed E-state index contributed by atoms with van der Waals surface area (Å²) >= 11 is 10.3. The zero-order valence-corrected chi connectivity index (χ0v) is 11.6. The van der Waals surface area contributed by atoms with Crippen molar-refractivity contribution in [2.24, 2.45) is 4.99 Å². The molecule has 2 aromatic rings. The van der Waals surface area contributed by atoms with Gasteiger partial charge in [0.15, 0.2) is 9.79 Å². The molecular weight excluding hydrogens is 308 g/mol. The van der Waals surface area contributed by atoms with Gasteiger partial charge in [-0.1, -0.05) is 0 Å². The van der Waals surface area contributed by atoms with E-state index >= 15 is 0 Å². The van der Waals surface area contributed by atoms with Gasteiger partial charge < -0.3 is 4.98 Å². The summed E-state index contributed by atoms with van der Waals surface area (Å²) in [6, 6.07) is 2.01. The summed E-state index contributed by atoms with van der Waals surface area (Å²) < 4.78 is 28.1. The van der Waals surface area contributed by atoms with Crippen LogP contribution in [-0.4, -0.2) is 16.5 Å². The summed E-state index contributed by atoms with van der Waals surface area (Å²) in [5, 5.41) is 8.10. The standard InChI is InChI=1S/C11H5F2N3S3/c12-3-1-2-4(13)6-5(3)7(15-9(6)14)8-10(17)16-11(18)19-8/h1-2,14,17H,(H,16,18). The van der Waals surface area contributed by atoms with Crippen LogP contribution in [0.15, 0.2) is 22.2 Å². The van der Waals surface area contributed by atoms with Crippen LogP contribution in [0.3, 0.4) is 0 Å². The van der Waals surface area contributed by atoms with Gasteiger partial charge in [-0.05, 0) is 24.4 Å². The van der Waals surface area contributed by atoms with E-state index in [2.05, 4.69) is 22.6 Å². The molecule has 1 aliphatic heterocycles. The Labute approximate surface area is 120 Å². The zero-order chi connectivity index (χ0) is 13.7. The van der Waals surface area contributed by atoms with Crippen LogP contribution in [0.1, 0.15) is 16.0 Å². The van der Waals surface area contributed by atoms with E-state index in [0.29, 0.717) is 13.9 Å². The van der Waals surface area contributed by atoms with E-state index in [9.17, 15) is 8.78 Å². The van der Waals surface area contributed by atoms with E-state index in [1.54, 1.807) is 0 Å². The summed E-state index contributed by atoms with van der Waals surface area (Å²) in [6.07, 6.45) is 0. The highest BCUT2D eigenvalue weighted by Crippen LogP contribution is 2.31. The Morgan fingerprint density at radius 1 is 1.26 bits per heavy atom. The predicted octanol–water partition coefficient (Wildman–Crippen LogP) is 3.55. The van der Waals surface area contributed by atoms with Crippen molar-refractivity contribution in [1.29, 1.82) is 5.41 Å². The van der Waals surface area contributed by atoms with Gasteiger partial charge in [-0.2, -0.15) is 0 Å². The molecule has 8 heteroatoms. The predicted molar refractivity (Wildman–Crippen MR) is 75.6 cm³/mol. The highest BCUT2D eigenvalue weighted by Gasteiger charge is 2.30. The van der Waals surface area contributed by atoms with Crippen LogP contribution in [0.25, 0.3) is 0 Å². The van der Waals surface area contributed by atoms with Gasteiger partial charge in [-0.15, -0.1) is 24.0 Å². The van der Waals surface area contributed by atoms with Gasteiger partial charge in [0, 0.05) is 0 Å². The molecule has 0 saturated heterocycles. The normalized spacial score (nSPS) is 13.6. The molecule has 0 fully saturated rings. The first-order valence-electron chi connectivity index (χ1n) is 5.07. The van der Waals surface area contributed by atoms with Crippen LogP contribution in [0, 0.1) is 21.0 Å². The monoisotopic (exact) mass is 313 g/mol. The fourth-order valence-corrected chi connectivity index (χ4v) is 3.47. The van der Waals surface area contributed by atoms with E-state index < -0.39 is 11.6 Å². The molecule has 0 bridgehead atoms. The molecule has 0 unspecified atom stereocenters. The number of amidine groups is 1. The molecule has 2 N–H and O–H groups in total. The first-order chi connectivity index (χ1) is 8.99. The van der Waals surface area contributed by atoms with Gasteiger partial charge >= 0.3 is 0 Å². The van der Waals surface area contributed by atoms with Crippen molar-refractivity contribution in [2.75, 3.05) is 0 Å². The zero-order valence-electron chi connectivity index (χ0n) is 9.12. The molecule has 0 saturated carbocycles. The van der Waals surface area contributed by atoms with Crippen LogP contribution in [0.5, 0.6) is 0 Å². The van der Waals surface area contributed by atoms with E-state index in [1.807, 2.05) is 0 Å². The number of H-pyrrole nitrogens is 1. The van der Waals surface area contributed by atoms with E-state index in [1.165, 1.54) is 0 Å². The average Bonchev–Trinajstić information content (AvgIpc) is 2.85. The Kier molecular flexibility index (Phi) is 2.88. The lowest BCUT2D eigenvalue weighted by Crippen LogP contribution is -2.05.